The molecule has 0 atom stereocenters. The molecule has 4 heterocycles. The third kappa shape index (κ3) is 5.03. The zero-order valence-electron chi connectivity index (χ0n) is 30.1. The fourth-order valence-electron chi connectivity index (χ4n) is 8.02. The van der Waals surface area contributed by atoms with E-state index < -0.39 is 47.0 Å². The quantitative estimate of drug-likeness (QED) is 0.0709. The largest absolute Gasteiger partial charge is 0.508 e. The third-order valence-electron chi connectivity index (χ3n) is 10.6. The van der Waals surface area contributed by atoms with Crippen LogP contribution in [-0.4, -0.2) is 56.2 Å². The summed E-state index contributed by atoms with van der Waals surface area (Å²) >= 11 is 0. The van der Waals surface area contributed by atoms with Crippen molar-refractivity contribution in [3.63, 3.8) is 0 Å². The molecule has 6 aromatic rings. The van der Waals surface area contributed by atoms with Gasteiger partial charge in [0.25, 0.3) is 0 Å². The van der Waals surface area contributed by atoms with Gasteiger partial charge in [0.1, 0.15) is 46.0 Å². The molecule has 0 saturated carbocycles. The number of benzene rings is 6. The van der Waals surface area contributed by atoms with Gasteiger partial charge in [0.2, 0.25) is 0 Å². The van der Waals surface area contributed by atoms with Gasteiger partial charge in [0, 0.05) is 57.6 Å². The number of carbonyl (C=O) groups is 6. The lowest BCUT2D eigenvalue weighted by Gasteiger charge is -2.36. The van der Waals surface area contributed by atoms with E-state index in [9.17, 15) is 49.2 Å². The first-order chi connectivity index (χ1) is 28.8. The lowest BCUT2D eigenvalue weighted by Crippen LogP contribution is -2.33. The first-order valence-corrected chi connectivity index (χ1v) is 17.7. The van der Waals surface area contributed by atoms with Crippen LogP contribution in [0.5, 0.6) is 46.0 Å². The van der Waals surface area contributed by atoms with Gasteiger partial charge in [0.15, 0.2) is 11.2 Å². The van der Waals surface area contributed by atoms with Crippen LogP contribution < -0.4 is 9.47 Å². The highest BCUT2D eigenvalue weighted by Crippen LogP contribution is 2.59. The molecule has 4 aliphatic rings. The number of phenols is 4. The molecule has 0 saturated heterocycles. The monoisotopic (exact) mass is 806 g/mol. The third-order valence-corrected chi connectivity index (χ3v) is 10.6. The van der Waals surface area contributed by atoms with Gasteiger partial charge in [-0.2, -0.15) is 0 Å². The van der Waals surface area contributed by atoms with Gasteiger partial charge in [-0.1, -0.05) is 0 Å². The zero-order chi connectivity index (χ0) is 41.8. The summed E-state index contributed by atoms with van der Waals surface area (Å²) in [5.74, 6) is -8.47. The number of hydrogen-bond acceptors (Lipinski definition) is 16. The molecule has 4 aliphatic heterocycles. The van der Waals surface area contributed by atoms with Crippen LogP contribution in [0.25, 0.3) is 0 Å². The summed E-state index contributed by atoms with van der Waals surface area (Å²) in [6, 6.07) is 23.5. The fourth-order valence-corrected chi connectivity index (χ4v) is 8.02. The molecule has 294 valence electrons. The van der Waals surface area contributed by atoms with E-state index in [0.717, 1.165) is 12.1 Å². The van der Waals surface area contributed by atoms with Crippen LogP contribution in [0.1, 0.15) is 74.8 Å². The molecule has 0 unspecified atom stereocenters. The van der Waals surface area contributed by atoms with Gasteiger partial charge in [-0.15, -0.1) is 0 Å². The molecule has 16 heteroatoms. The summed E-state index contributed by atoms with van der Waals surface area (Å²) in [5.41, 5.74) is -2.88. The molecule has 2 spiro atoms. The summed E-state index contributed by atoms with van der Waals surface area (Å²) in [6.07, 6.45) is 0. The first-order valence-electron chi connectivity index (χ1n) is 17.7. The molecule has 60 heavy (non-hydrogen) atoms. The molecule has 0 bridgehead atoms. The summed E-state index contributed by atoms with van der Waals surface area (Å²) in [5, 5.41) is 40.8. The normalized spacial score (nSPS) is 15.1. The lowest BCUT2D eigenvalue weighted by molar-refractivity contribution is -0.160. The van der Waals surface area contributed by atoms with E-state index in [-0.39, 0.29) is 102 Å². The molecule has 16 nitrogen and oxygen atoms in total. The second-order valence-electron chi connectivity index (χ2n) is 13.9. The summed E-state index contributed by atoms with van der Waals surface area (Å²) in [6.45, 7) is 0. The minimum absolute atomic E-state index is 0.0232. The van der Waals surface area contributed by atoms with Crippen LogP contribution >= 0.6 is 0 Å². The molecular weight excluding hydrogens is 784 g/mol. The van der Waals surface area contributed by atoms with Gasteiger partial charge >= 0.3 is 35.8 Å². The summed E-state index contributed by atoms with van der Waals surface area (Å²) in [7, 11) is 0. The molecule has 0 aliphatic carbocycles. The van der Waals surface area contributed by atoms with Crippen molar-refractivity contribution in [2.45, 2.75) is 11.2 Å². The molecule has 10 rings (SSSR count). The van der Waals surface area contributed by atoms with E-state index in [4.69, 9.17) is 28.4 Å². The fraction of sp³-hybridized carbons (Fsp3) is 0.0455. The predicted molar refractivity (Wildman–Crippen MR) is 197 cm³/mol. The average Bonchev–Trinajstić information content (AvgIpc) is 3.67. The van der Waals surface area contributed by atoms with Crippen molar-refractivity contribution in [2.24, 2.45) is 0 Å². The van der Waals surface area contributed by atoms with E-state index in [0.29, 0.717) is 0 Å². The number of aromatic hydroxyl groups is 4. The van der Waals surface area contributed by atoms with E-state index >= 15 is 0 Å². The highest BCUT2D eigenvalue weighted by atomic mass is 16.6. The van der Waals surface area contributed by atoms with Crippen LogP contribution in [0, 0.1) is 0 Å². The molecule has 0 aromatic heterocycles. The predicted octanol–water partition coefficient (Wildman–Crippen LogP) is 5.71. The Kier molecular flexibility index (Phi) is 7.40. The zero-order valence-corrected chi connectivity index (χ0v) is 30.1. The Hall–Kier alpha value is -8.66. The van der Waals surface area contributed by atoms with E-state index in [1.807, 2.05) is 0 Å². The molecule has 0 fully saturated rings. The number of fused-ring (bicyclic) bond motifs is 12. The molecule has 6 aromatic carbocycles. The highest BCUT2D eigenvalue weighted by molar-refractivity contribution is 6.34. The summed E-state index contributed by atoms with van der Waals surface area (Å²) < 4.78 is 33.4. The van der Waals surface area contributed by atoms with Crippen molar-refractivity contribution in [1.82, 2.24) is 0 Å². The van der Waals surface area contributed by atoms with Crippen molar-refractivity contribution in [2.75, 3.05) is 0 Å². The van der Waals surface area contributed by atoms with Gasteiger partial charge in [-0.25, -0.2) is 28.8 Å². The highest BCUT2D eigenvalue weighted by Gasteiger charge is 2.55. The van der Waals surface area contributed by atoms with Crippen molar-refractivity contribution in [3.05, 3.63) is 165 Å². The van der Waals surface area contributed by atoms with Crippen LogP contribution in [0.15, 0.2) is 109 Å². The van der Waals surface area contributed by atoms with Crippen molar-refractivity contribution in [3.8, 4) is 46.0 Å². The maximum atomic E-state index is 13.4. The maximum Gasteiger partial charge on any atom is 0.425 e. The molecule has 0 radical (unpaired) electrons. The van der Waals surface area contributed by atoms with Crippen molar-refractivity contribution < 1.29 is 77.6 Å². The van der Waals surface area contributed by atoms with E-state index in [2.05, 4.69) is 0 Å². The maximum absolute atomic E-state index is 13.4. The number of hydrogen-bond donors (Lipinski definition) is 4. The van der Waals surface area contributed by atoms with Crippen molar-refractivity contribution in [1.29, 1.82) is 0 Å². The van der Waals surface area contributed by atoms with Crippen LogP contribution in [-0.2, 0) is 39.7 Å². The van der Waals surface area contributed by atoms with Gasteiger partial charge in [-0.3, -0.25) is 0 Å². The van der Waals surface area contributed by atoms with E-state index in [1.54, 1.807) is 0 Å². The number of ether oxygens (including phenoxy) is 6. The summed E-state index contributed by atoms with van der Waals surface area (Å²) in [4.78, 5) is 79.2. The lowest BCUT2D eigenvalue weighted by atomic mass is 9.77. The van der Waals surface area contributed by atoms with Crippen LogP contribution in [0.3, 0.4) is 0 Å². The molecule has 0 amide bonds. The Morgan fingerprint density at radius 3 is 1.05 bits per heavy atom. The SMILES string of the molecule is O=C(OC(=O)c1ccc2c(c1)C1(OC2=O)c2ccc(O)cc2Oc2cc(O)ccc21)C(=O)OC(=O)c1ccc2c(c1)C1(OC2=O)c2ccc(O)cc2Oc2cc(O)ccc21. The first kappa shape index (κ1) is 35.7. The Morgan fingerprint density at radius 2 is 0.733 bits per heavy atom. The smallest absolute Gasteiger partial charge is 0.425 e. The van der Waals surface area contributed by atoms with Gasteiger partial charge in [-0.05, 0) is 84.9 Å². The standard InChI is InChI=1S/C44H22O16/c45-21-3-9-27-33(15-21)55-34-16-22(46)4-10-28(34)43(27)31-13-19(1-7-25(31)39(51)59-43)37(49)57-41(53)42(54)58-38(50)20-2-8-26-32(14-20)44(60-40(26)52)29-11-5-23(47)17-35(29)56-36-18-24(48)6-12-30(36)44/h1-18,45-48H. The Labute approximate surface area is 334 Å². The number of esters is 6. The Balaban J connectivity index is 0.930. The van der Waals surface area contributed by atoms with Crippen LogP contribution in [0.2, 0.25) is 0 Å². The minimum Gasteiger partial charge on any atom is -0.508 e. The number of rotatable bonds is 2. The average molecular weight is 807 g/mol. The van der Waals surface area contributed by atoms with Crippen LogP contribution in [0.4, 0.5) is 0 Å². The Bertz CT molecular complexity index is 2710. The molecule has 4 N–H and O–H groups in total. The van der Waals surface area contributed by atoms with E-state index in [1.165, 1.54) is 97.1 Å². The Morgan fingerprint density at radius 1 is 0.417 bits per heavy atom. The number of phenolic OH excluding ortho intramolecular Hbond substituents is 4. The molecular formula is C44H22O16. The van der Waals surface area contributed by atoms with Crippen molar-refractivity contribution >= 4 is 35.8 Å². The second-order valence-corrected chi connectivity index (χ2v) is 13.9. The minimum atomic E-state index is -1.87. The van der Waals surface area contributed by atoms with Gasteiger partial charge in [0.05, 0.1) is 22.3 Å². The van der Waals surface area contributed by atoms with Gasteiger partial charge < -0.3 is 48.8 Å². The second kappa shape index (κ2) is 12.4. The number of carbonyl (C=O) groups excluding carboxylic acids is 6. The topological polar surface area (TPSA) is 239 Å².